The number of nitrogens with one attached hydrogen (secondary N) is 1. The molecule has 3 amide bonds. The van der Waals surface area contributed by atoms with E-state index < -0.39 is 11.7 Å². The molecule has 2 aromatic carbocycles. The van der Waals surface area contributed by atoms with E-state index in [9.17, 15) is 18.8 Å². The second-order valence-corrected chi connectivity index (χ2v) is 8.83. The summed E-state index contributed by atoms with van der Waals surface area (Å²) in [4.78, 5) is 37.9. The van der Waals surface area contributed by atoms with Crippen molar-refractivity contribution in [1.82, 2.24) is 5.01 Å². The Bertz CT molecular complexity index is 1220. The highest BCUT2D eigenvalue weighted by Gasteiger charge is 2.59. The molecule has 4 atom stereocenters. The summed E-state index contributed by atoms with van der Waals surface area (Å²) in [6.45, 7) is -0.354. The van der Waals surface area contributed by atoms with Crippen LogP contribution in [-0.4, -0.2) is 49.8 Å². The van der Waals surface area contributed by atoms with Crippen molar-refractivity contribution in [2.24, 2.45) is 28.8 Å². The molecule has 0 radical (unpaired) electrons. The van der Waals surface area contributed by atoms with Crippen molar-refractivity contribution in [3.63, 3.8) is 0 Å². The van der Waals surface area contributed by atoms with Gasteiger partial charge in [0.2, 0.25) is 5.75 Å². The molecule has 186 valence electrons. The Balaban J connectivity index is 1.29. The molecule has 36 heavy (non-hydrogen) atoms. The maximum atomic E-state index is 13.0. The van der Waals surface area contributed by atoms with Crippen LogP contribution in [0.1, 0.15) is 12.0 Å². The van der Waals surface area contributed by atoms with Gasteiger partial charge in [-0.15, -0.1) is 0 Å². The largest absolute Gasteiger partial charge is 0.493 e. The van der Waals surface area contributed by atoms with Crippen molar-refractivity contribution in [3.05, 3.63) is 59.9 Å². The molecule has 0 aromatic heterocycles. The van der Waals surface area contributed by atoms with Gasteiger partial charge in [0.25, 0.3) is 17.7 Å². The fraction of sp³-hybridized carbons (Fsp3) is 0.308. The monoisotopic (exact) mass is 493 g/mol. The molecule has 1 saturated heterocycles. The van der Waals surface area contributed by atoms with Crippen LogP contribution in [-0.2, 0) is 14.4 Å². The van der Waals surface area contributed by atoms with Crippen molar-refractivity contribution in [2.45, 2.75) is 6.42 Å². The van der Waals surface area contributed by atoms with Gasteiger partial charge in [-0.25, -0.2) is 4.39 Å². The summed E-state index contributed by atoms with van der Waals surface area (Å²) in [5.41, 5.74) is 0.931. The topological polar surface area (TPSA) is 107 Å². The number of carbonyl (C=O) groups is 3. The van der Waals surface area contributed by atoms with Gasteiger partial charge in [0.1, 0.15) is 5.82 Å². The summed E-state index contributed by atoms with van der Waals surface area (Å²) in [6, 6.07) is 8.53. The highest BCUT2D eigenvalue weighted by Crippen LogP contribution is 2.52. The van der Waals surface area contributed by atoms with Crippen molar-refractivity contribution < 1.29 is 33.0 Å². The zero-order valence-corrected chi connectivity index (χ0v) is 19.6. The number of hydrogen-bond acceptors (Lipinski definition) is 7. The number of rotatable bonds is 8. The lowest BCUT2D eigenvalue weighted by Crippen LogP contribution is -2.28. The van der Waals surface area contributed by atoms with E-state index in [1.807, 2.05) is 12.2 Å². The number of carbonyl (C=O) groups excluding carboxylic acids is 3. The van der Waals surface area contributed by atoms with Crippen molar-refractivity contribution >= 4 is 29.6 Å². The predicted octanol–water partition coefficient (Wildman–Crippen LogP) is 3.00. The number of hydrogen-bond donors (Lipinski definition) is 1. The number of anilines is 1. The third kappa shape index (κ3) is 4.19. The maximum absolute atomic E-state index is 13.0. The molecule has 0 spiro atoms. The number of benzene rings is 2. The number of halogens is 1. The van der Waals surface area contributed by atoms with Gasteiger partial charge >= 0.3 is 0 Å². The van der Waals surface area contributed by atoms with E-state index >= 15 is 0 Å². The molecule has 1 heterocycles. The van der Waals surface area contributed by atoms with Gasteiger partial charge < -0.3 is 19.5 Å². The minimum absolute atomic E-state index is 0.105. The Hall–Kier alpha value is -4.21. The number of allylic oxidation sites excluding steroid dienone is 2. The smallest absolute Gasteiger partial charge is 0.262 e. The normalized spacial score (nSPS) is 23.9. The van der Waals surface area contributed by atoms with Crippen LogP contribution in [0.2, 0.25) is 0 Å². The number of imide groups is 1. The molecule has 3 aliphatic rings. The first-order valence-electron chi connectivity index (χ1n) is 11.4. The average Bonchev–Trinajstić information content (AvgIpc) is 3.56. The Kier molecular flexibility index (Phi) is 6.17. The lowest BCUT2D eigenvalue weighted by molar-refractivity contribution is -0.140. The lowest BCUT2D eigenvalue weighted by atomic mass is 9.85. The number of amides is 3. The zero-order chi connectivity index (χ0) is 25.4. The predicted molar refractivity (Wildman–Crippen MR) is 127 cm³/mol. The quantitative estimate of drug-likeness (QED) is 0.344. The van der Waals surface area contributed by atoms with Gasteiger partial charge in [-0.3, -0.25) is 14.4 Å². The van der Waals surface area contributed by atoms with Gasteiger partial charge in [-0.2, -0.15) is 10.1 Å². The van der Waals surface area contributed by atoms with E-state index in [4.69, 9.17) is 14.2 Å². The van der Waals surface area contributed by atoms with E-state index in [0.29, 0.717) is 11.3 Å². The van der Waals surface area contributed by atoms with Gasteiger partial charge in [0, 0.05) is 11.3 Å². The summed E-state index contributed by atoms with van der Waals surface area (Å²) in [6.07, 6.45) is 6.29. The molecule has 2 aliphatic carbocycles. The summed E-state index contributed by atoms with van der Waals surface area (Å²) in [7, 11) is 2.86. The number of methoxy groups -OCH3 is 2. The first kappa shape index (κ1) is 23.5. The molecule has 5 rings (SSSR count). The van der Waals surface area contributed by atoms with Crippen LogP contribution in [0.15, 0.2) is 53.7 Å². The molecule has 2 fully saturated rings. The highest BCUT2D eigenvalue weighted by atomic mass is 19.1. The molecule has 2 bridgehead atoms. The second kappa shape index (κ2) is 9.44. The van der Waals surface area contributed by atoms with Crippen molar-refractivity contribution in [2.75, 3.05) is 26.1 Å². The van der Waals surface area contributed by atoms with Gasteiger partial charge in [0.05, 0.1) is 32.3 Å². The SMILES string of the molecule is COc1cc(C=NN2C(=O)[C@@H]3[C@H](C2=O)[C@H]2C=C[C@H]3C2)cc(OC)c1OCC(=O)Nc1ccc(F)cc1. The van der Waals surface area contributed by atoms with E-state index in [-0.39, 0.29) is 59.3 Å². The van der Waals surface area contributed by atoms with Crippen LogP contribution in [0.5, 0.6) is 17.2 Å². The third-order valence-corrected chi connectivity index (χ3v) is 6.73. The first-order chi connectivity index (χ1) is 17.4. The van der Waals surface area contributed by atoms with Crippen LogP contribution in [0.4, 0.5) is 10.1 Å². The molecule has 1 saturated carbocycles. The molecule has 0 unspecified atom stereocenters. The van der Waals surface area contributed by atoms with E-state index in [2.05, 4.69) is 10.4 Å². The van der Waals surface area contributed by atoms with Gasteiger partial charge in [0.15, 0.2) is 18.1 Å². The number of fused-ring (bicyclic) bond motifs is 5. The maximum Gasteiger partial charge on any atom is 0.262 e. The van der Waals surface area contributed by atoms with Crippen LogP contribution < -0.4 is 19.5 Å². The average molecular weight is 493 g/mol. The van der Waals surface area contributed by atoms with Crippen LogP contribution in [0, 0.1) is 29.5 Å². The van der Waals surface area contributed by atoms with Crippen molar-refractivity contribution in [1.29, 1.82) is 0 Å². The highest BCUT2D eigenvalue weighted by molar-refractivity contribution is 6.06. The van der Waals surface area contributed by atoms with E-state index in [0.717, 1.165) is 11.4 Å². The first-order valence-corrected chi connectivity index (χ1v) is 11.4. The fourth-order valence-electron chi connectivity index (χ4n) is 5.11. The Morgan fingerprint density at radius 3 is 2.19 bits per heavy atom. The van der Waals surface area contributed by atoms with E-state index in [1.165, 1.54) is 44.7 Å². The summed E-state index contributed by atoms with van der Waals surface area (Å²) < 4.78 is 29.5. The molecule has 2 aromatic rings. The Labute approximate surface area is 206 Å². The van der Waals surface area contributed by atoms with Crippen LogP contribution in [0.3, 0.4) is 0 Å². The number of nitrogens with zero attached hydrogens (tertiary/aromatic N) is 2. The standard InChI is InChI=1S/C26H24FN3O6/c1-34-19-9-14(12-28-30-25(32)22-15-3-4-16(11-15)23(22)26(30)33)10-20(35-2)24(19)36-13-21(31)29-18-7-5-17(27)6-8-18/h3-10,12,15-16,22-23H,11,13H2,1-2H3,(H,29,31)/t15-,16-,22-,23+/m0/s1. The van der Waals surface area contributed by atoms with Crippen molar-refractivity contribution in [3.8, 4) is 17.2 Å². The minimum atomic E-state index is -0.462. The minimum Gasteiger partial charge on any atom is -0.493 e. The lowest BCUT2D eigenvalue weighted by Gasteiger charge is -2.15. The third-order valence-electron chi connectivity index (χ3n) is 6.73. The summed E-state index contributed by atoms with van der Waals surface area (Å²) >= 11 is 0. The number of ether oxygens (including phenoxy) is 3. The Morgan fingerprint density at radius 2 is 1.64 bits per heavy atom. The Morgan fingerprint density at radius 1 is 1.06 bits per heavy atom. The van der Waals surface area contributed by atoms with Gasteiger partial charge in [-0.05, 0) is 54.7 Å². The zero-order valence-electron chi connectivity index (χ0n) is 19.6. The fourth-order valence-corrected chi connectivity index (χ4v) is 5.11. The van der Waals surface area contributed by atoms with Crippen LogP contribution in [0.25, 0.3) is 0 Å². The second-order valence-electron chi connectivity index (χ2n) is 8.83. The molecular formula is C26H24FN3O6. The summed E-state index contributed by atoms with van der Waals surface area (Å²) in [5.74, 6) is -1.14. The molecule has 1 N–H and O–H groups in total. The van der Waals surface area contributed by atoms with E-state index in [1.54, 1.807) is 12.1 Å². The number of hydrazone groups is 1. The summed E-state index contributed by atoms with van der Waals surface area (Å²) in [5, 5.41) is 7.75. The molecule has 9 nitrogen and oxygen atoms in total. The van der Waals surface area contributed by atoms with Gasteiger partial charge in [-0.1, -0.05) is 12.2 Å². The molecule has 10 heteroatoms. The van der Waals surface area contributed by atoms with Crippen LogP contribution >= 0.6 is 0 Å². The molecular weight excluding hydrogens is 469 g/mol. The molecule has 1 aliphatic heterocycles.